The summed E-state index contributed by atoms with van der Waals surface area (Å²) in [5, 5.41) is 2.57. The second-order valence-electron chi connectivity index (χ2n) is 4.09. The second kappa shape index (κ2) is 5.20. The Labute approximate surface area is 117 Å². The van der Waals surface area contributed by atoms with E-state index in [-0.39, 0.29) is 22.1 Å². The summed E-state index contributed by atoms with van der Waals surface area (Å²) in [4.78, 5) is 0. The molecule has 0 fully saturated rings. The first-order valence-electron chi connectivity index (χ1n) is 5.45. The van der Waals surface area contributed by atoms with Crippen molar-refractivity contribution in [2.24, 2.45) is 0 Å². The number of rotatable bonds is 2. The Morgan fingerprint density at radius 1 is 1.05 bits per heavy atom. The Morgan fingerprint density at radius 3 is 2.35 bits per heavy atom. The number of hydrogen-bond donors (Lipinski definition) is 2. The highest BCUT2D eigenvalue weighted by Crippen LogP contribution is 2.37. The Kier molecular flexibility index (Phi) is 3.76. The Bertz CT molecular complexity index is 621. The van der Waals surface area contributed by atoms with Gasteiger partial charge >= 0.3 is 6.18 Å². The van der Waals surface area contributed by atoms with Gasteiger partial charge in [-0.1, -0.05) is 11.6 Å². The lowest BCUT2D eigenvalue weighted by molar-refractivity contribution is -0.136. The van der Waals surface area contributed by atoms with E-state index in [0.29, 0.717) is 0 Å². The topological polar surface area (TPSA) is 38.0 Å². The molecule has 0 bridgehead atoms. The number of alkyl halides is 3. The van der Waals surface area contributed by atoms with E-state index in [1.165, 1.54) is 18.2 Å². The standard InChI is InChI=1S/C13H9ClF4N2/c14-7-3-8(15)5-10(4-7)20-12-2-1-9(19)6-11(12)13(16,17)18/h1-6,20H,19H2. The molecular formula is C13H9ClF4N2. The van der Waals surface area contributed by atoms with Crippen LogP contribution in [0.15, 0.2) is 36.4 Å². The third-order valence-electron chi connectivity index (χ3n) is 2.49. The molecule has 0 amide bonds. The zero-order chi connectivity index (χ0) is 14.9. The molecule has 2 aromatic carbocycles. The highest BCUT2D eigenvalue weighted by molar-refractivity contribution is 6.30. The fraction of sp³-hybridized carbons (Fsp3) is 0.0769. The SMILES string of the molecule is Nc1ccc(Nc2cc(F)cc(Cl)c2)c(C(F)(F)F)c1. The van der Waals surface area contributed by atoms with Gasteiger partial charge in [0.2, 0.25) is 0 Å². The molecule has 0 radical (unpaired) electrons. The molecule has 0 unspecified atom stereocenters. The molecule has 0 aliphatic carbocycles. The summed E-state index contributed by atoms with van der Waals surface area (Å²) in [5.41, 5.74) is 4.30. The molecular weight excluding hydrogens is 296 g/mol. The van der Waals surface area contributed by atoms with Crippen LogP contribution in [0, 0.1) is 5.82 Å². The third-order valence-corrected chi connectivity index (χ3v) is 2.71. The van der Waals surface area contributed by atoms with Crippen LogP contribution < -0.4 is 11.1 Å². The molecule has 0 aliphatic rings. The lowest BCUT2D eigenvalue weighted by atomic mass is 10.1. The minimum absolute atomic E-state index is 0.0138. The van der Waals surface area contributed by atoms with Crippen molar-refractivity contribution in [2.45, 2.75) is 6.18 Å². The molecule has 0 aromatic heterocycles. The maximum atomic E-state index is 13.2. The minimum atomic E-state index is -4.57. The molecule has 0 saturated heterocycles. The van der Waals surface area contributed by atoms with E-state index >= 15 is 0 Å². The summed E-state index contributed by atoms with van der Waals surface area (Å²) in [6, 6.07) is 6.72. The van der Waals surface area contributed by atoms with Crippen LogP contribution in [-0.4, -0.2) is 0 Å². The first-order chi connectivity index (χ1) is 9.25. The van der Waals surface area contributed by atoms with E-state index in [1.807, 2.05) is 0 Å². The molecule has 2 nitrogen and oxygen atoms in total. The molecule has 2 aromatic rings. The smallest absolute Gasteiger partial charge is 0.399 e. The number of nitrogens with one attached hydrogen (secondary N) is 1. The van der Waals surface area contributed by atoms with Crippen molar-refractivity contribution in [3.8, 4) is 0 Å². The molecule has 2 rings (SSSR count). The quantitative estimate of drug-likeness (QED) is 0.616. The monoisotopic (exact) mass is 304 g/mol. The predicted octanol–water partition coefficient (Wildman–Crippen LogP) is 4.82. The number of halogens is 5. The van der Waals surface area contributed by atoms with Gasteiger partial charge in [-0.25, -0.2) is 4.39 Å². The highest BCUT2D eigenvalue weighted by Gasteiger charge is 2.33. The van der Waals surface area contributed by atoms with E-state index < -0.39 is 17.6 Å². The van der Waals surface area contributed by atoms with Gasteiger partial charge in [-0.15, -0.1) is 0 Å². The van der Waals surface area contributed by atoms with Gasteiger partial charge in [0.25, 0.3) is 0 Å². The van der Waals surface area contributed by atoms with Crippen molar-refractivity contribution in [1.82, 2.24) is 0 Å². The van der Waals surface area contributed by atoms with Crippen molar-refractivity contribution in [3.05, 3.63) is 52.8 Å². The van der Waals surface area contributed by atoms with Crippen molar-refractivity contribution >= 4 is 28.7 Å². The fourth-order valence-corrected chi connectivity index (χ4v) is 1.91. The predicted molar refractivity (Wildman–Crippen MR) is 70.5 cm³/mol. The van der Waals surface area contributed by atoms with Crippen LogP contribution in [0.3, 0.4) is 0 Å². The molecule has 7 heteroatoms. The van der Waals surface area contributed by atoms with Crippen LogP contribution in [0.2, 0.25) is 5.02 Å². The lowest BCUT2D eigenvalue weighted by Gasteiger charge is -2.15. The van der Waals surface area contributed by atoms with Crippen LogP contribution in [0.4, 0.5) is 34.6 Å². The van der Waals surface area contributed by atoms with Gasteiger partial charge in [0.1, 0.15) is 5.82 Å². The summed E-state index contributed by atoms with van der Waals surface area (Å²) in [5.74, 6) is -0.649. The molecule has 0 heterocycles. The van der Waals surface area contributed by atoms with Gasteiger partial charge in [-0.3, -0.25) is 0 Å². The van der Waals surface area contributed by atoms with Gasteiger partial charge in [0.05, 0.1) is 11.3 Å². The lowest BCUT2D eigenvalue weighted by Crippen LogP contribution is -2.09. The first kappa shape index (κ1) is 14.5. The van der Waals surface area contributed by atoms with Crippen molar-refractivity contribution in [2.75, 3.05) is 11.1 Å². The molecule has 106 valence electrons. The van der Waals surface area contributed by atoms with Gasteiger partial charge in [-0.05, 0) is 36.4 Å². The van der Waals surface area contributed by atoms with Crippen molar-refractivity contribution in [3.63, 3.8) is 0 Å². The summed E-state index contributed by atoms with van der Waals surface area (Å²) >= 11 is 5.65. The highest BCUT2D eigenvalue weighted by atomic mass is 35.5. The number of anilines is 3. The van der Waals surface area contributed by atoms with Crippen LogP contribution >= 0.6 is 11.6 Å². The van der Waals surface area contributed by atoms with Crippen LogP contribution in [0.5, 0.6) is 0 Å². The van der Waals surface area contributed by atoms with Crippen LogP contribution in [0.1, 0.15) is 5.56 Å². The maximum absolute atomic E-state index is 13.2. The zero-order valence-corrected chi connectivity index (χ0v) is 10.7. The molecule has 0 aliphatic heterocycles. The van der Waals surface area contributed by atoms with E-state index in [0.717, 1.165) is 18.2 Å². The van der Waals surface area contributed by atoms with E-state index in [2.05, 4.69) is 5.32 Å². The zero-order valence-electron chi connectivity index (χ0n) is 9.93. The number of nitrogens with two attached hydrogens (primary N) is 1. The maximum Gasteiger partial charge on any atom is 0.418 e. The van der Waals surface area contributed by atoms with Gasteiger partial charge in [0.15, 0.2) is 0 Å². The molecule has 0 saturated carbocycles. The van der Waals surface area contributed by atoms with E-state index in [1.54, 1.807) is 0 Å². The third kappa shape index (κ3) is 3.33. The molecule has 0 spiro atoms. The molecule has 3 N–H and O–H groups in total. The van der Waals surface area contributed by atoms with Gasteiger partial charge in [0, 0.05) is 16.4 Å². The summed E-state index contributed by atoms with van der Waals surface area (Å²) in [6.07, 6.45) is -4.57. The average molecular weight is 305 g/mol. The normalized spacial score (nSPS) is 11.4. The minimum Gasteiger partial charge on any atom is -0.399 e. The summed E-state index contributed by atoms with van der Waals surface area (Å²) in [7, 11) is 0. The van der Waals surface area contributed by atoms with Gasteiger partial charge in [-0.2, -0.15) is 13.2 Å². The first-order valence-corrected chi connectivity index (χ1v) is 5.83. The largest absolute Gasteiger partial charge is 0.418 e. The summed E-state index contributed by atoms with van der Waals surface area (Å²) in [6.45, 7) is 0. The Morgan fingerprint density at radius 2 is 1.75 bits per heavy atom. The number of hydrogen-bond acceptors (Lipinski definition) is 2. The second-order valence-corrected chi connectivity index (χ2v) is 4.52. The van der Waals surface area contributed by atoms with Crippen LogP contribution in [0.25, 0.3) is 0 Å². The Balaban J connectivity index is 2.43. The van der Waals surface area contributed by atoms with Crippen molar-refractivity contribution < 1.29 is 17.6 Å². The number of benzene rings is 2. The van der Waals surface area contributed by atoms with Gasteiger partial charge < -0.3 is 11.1 Å². The van der Waals surface area contributed by atoms with E-state index in [4.69, 9.17) is 17.3 Å². The fourth-order valence-electron chi connectivity index (χ4n) is 1.69. The Hall–Kier alpha value is -1.95. The summed E-state index contributed by atoms with van der Waals surface area (Å²) < 4.78 is 51.8. The number of nitrogen functional groups attached to an aromatic ring is 1. The average Bonchev–Trinajstić information content (AvgIpc) is 2.28. The van der Waals surface area contributed by atoms with E-state index in [9.17, 15) is 17.6 Å². The molecule has 0 atom stereocenters. The molecule has 20 heavy (non-hydrogen) atoms. The van der Waals surface area contributed by atoms with Crippen molar-refractivity contribution in [1.29, 1.82) is 0 Å². The van der Waals surface area contributed by atoms with Crippen LogP contribution in [-0.2, 0) is 6.18 Å².